The van der Waals surface area contributed by atoms with Gasteiger partial charge in [0.15, 0.2) is 0 Å². The number of ether oxygens (including phenoxy) is 1. The quantitative estimate of drug-likeness (QED) is 0.866. The van der Waals surface area contributed by atoms with Crippen LogP contribution in [0, 0.1) is 0 Å². The smallest absolute Gasteiger partial charge is 0.254 e. The summed E-state index contributed by atoms with van der Waals surface area (Å²) in [7, 11) is 0. The molecule has 1 N–H and O–H groups in total. The van der Waals surface area contributed by atoms with Gasteiger partial charge < -0.3 is 14.7 Å². The second-order valence-corrected chi connectivity index (χ2v) is 5.86. The van der Waals surface area contributed by atoms with Crippen LogP contribution in [0.2, 0.25) is 0 Å². The highest BCUT2D eigenvalue weighted by atomic mass is 79.9. The maximum absolute atomic E-state index is 12.3. The summed E-state index contributed by atoms with van der Waals surface area (Å²) in [6, 6.07) is 4.86. The highest BCUT2D eigenvalue weighted by Gasteiger charge is 2.30. The van der Waals surface area contributed by atoms with E-state index in [1.54, 1.807) is 17.0 Å². The van der Waals surface area contributed by atoms with Crippen molar-refractivity contribution in [2.24, 2.45) is 0 Å². The SMILES string of the molecule is CC1(C)CN(C(=O)c2ccc(Br)c(O)c2)CCO1. The lowest BCUT2D eigenvalue weighted by Crippen LogP contribution is -2.50. The summed E-state index contributed by atoms with van der Waals surface area (Å²) in [5.74, 6) is 0.00236. The Morgan fingerprint density at radius 1 is 1.50 bits per heavy atom. The molecule has 1 aliphatic heterocycles. The predicted molar refractivity (Wildman–Crippen MR) is 71.7 cm³/mol. The van der Waals surface area contributed by atoms with E-state index in [9.17, 15) is 9.90 Å². The highest BCUT2D eigenvalue weighted by Crippen LogP contribution is 2.26. The summed E-state index contributed by atoms with van der Waals surface area (Å²) >= 11 is 3.20. The van der Waals surface area contributed by atoms with E-state index in [-0.39, 0.29) is 17.3 Å². The molecule has 1 fully saturated rings. The second kappa shape index (κ2) is 4.90. The van der Waals surface area contributed by atoms with E-state index >= 15 is 0 Å². The van der Waals surface area contributed by atoms with E-state index in [1.165, 1.54) is 6.07 Å². The molecule has 1 heterocycles. The number of carbonyl (C=O) groups is 1. The number of hydrogen-bond donors (Lipinski definition) is 1. The molecular weight excluding hydrogens is 298 g/mol. The number of phenols is 1. The summed E-state index contributed by atoms with van der Waals surface area (Å²) in [5, 5.41) is 9.61. The molecule has 1 aromatic carbocycles. The first-order valence-corrected chi connectivity index (χ1v) is 6.60. The van der Waals surface area contributed by atoms with Crippen LogP contribution in [0.3, 0.4) is 0 Å². The van der Waals surface area contributed by atoms with Crippen LogP contribution in [-0.4, -0.2) is 41.2 Å². The number of carbonyl (C=O) groups excluding carboxylic acids is 1. The largest absolute Gasteiger partial charge is 0.507 e. The number of amides is 1. The monoisotopic (exact) mass is 313 g/mol. The number of aromatic hydroxyl groups is 1. The average molecular weight is 314 g/mol. The van der Waals surface area contributed by atoms with E-state index in [1.807, 2.05) is 13.8 Å². The third kappa shape index (κ3) is 2.84. The number of morpholine rings is 1. The second-order valence-electron chi connectivity index (χ2n) is 5.00. The normalized spacial score (nSPS) is 18.7. The van der Waals surface area contributed by atoms with Gasteiger partial charge in [0.1, 0.15) is 5.75 Å². The van der Waals surface area contributed by atoms with Gasteiger partial charge in [0.05, 0.1) is 16.7 Å². The topological polar surface area (TPSA) is 49.8 Å². The summed E-state index contributed by atoms with van der Waals surface area (Å²) in [5.41, 5.74) is 0.180. The van der Waals surface area contributed by atoms with Gasteiger partial charge in [0.25, 0.3) is 5.91 Å². The first kappa shape index (κ1) is 13.4. The lowest BCUT2D eigenvalue weighted by atomic mass is 10.1. The Labute approximate surface area is 115 Å². The molecule has 0 bridgehead atoms. The minimum Gasteiger partial charge on any atom is -0.507 e. The van der Waals surface area contributed by atoms with E-state index in [0.717, 1.165) is 0 Å². The van der Waals surface area contributed by atoms with Gasteiger partial charge >= 0.3 is 0 Å². The Morgan fingerprint density at radius 3 is 2.83 bits per heavy atom. The van der Waals surface area contributed by atoms with Crippen molar-refractivity contribution in [1.29, 1.82) is 0 Å². The molecule has 5 heteroatoms. The maximum Gasteiger partial charge on any atom is 0.254 e. The fourth-order valence-corrected chi connectivity index (χ4v) is 2.26. The lowest BCUT2D eigenvalue weighted by Gasteiger charge is -2.38. The van der Waals surface area contributed by atoms with Crippen molar-refractivity contribution in [2.75, 3.05) is 19.7 Å². The predicted octanol–water partition coefficient (Wildman–Crippen LogP) is 2.41. The zero-order valence-electron chi connectivity index (χ0n) is 10.4. The van der Waals surface area contributed by atoms with Crippen molar-refractivity contribution < 1.29 is 14.6 Å². The van der Waals surface area contributed by atoms with Crippen molar-refractivity contribution in [2.45, 2.75) is 19.4 Å². The molecule has 4 nitrogen and oxygen atoms in total. The fourth-order valence-electron chi connectivity index (χ4n) is 2.02. The minimum atomic E-state index is -0.314. The average Bonchev–Trinajstić information content (AvgIpc) is 2.30. The molecule has 1 amide bonds. The summed E-state index contributed by atoms with van der Waals surface area (Å²) in [4.78, 5) is 14.1. The molecule has 1 aromatic rings. The zero-order chi connectivity index (χ0) is 13.3. The summed E-state index contributed by atoms with van der Waals surface area (Å²) in [6.45, 7) is 5.61. The highest BCUT2D eigenvalue weighted by molar-refractivity contribution is 9.10. The molecule has 1 aliphatic rings. The number of nitrogens with zero attached hydrogens (tertiary/aromatic N) is 1. The maximum atomic E-state index is 12.3. The zero-order valence-corrected chi connectivity index (χ0v) is 12.0. The van der Waals surface area contributed by atoms with E-state index < -0.39 is 0 Å². The van der Waals surface area contributed by atoms with Crippen LogP contribution in [0.5, 0.6) is 5.75 Å². The molecule has 18 heavy (non-hydrogen) atoms. The standard InChI is InChI=1S/C13H16BrNO3/c1-13(2)8-15(5-6-18-13)12(17)9-3-4-10(14)11(16)7-9/h3-4,7,16H,5-6,8H2,1-2H3. The third-order valence-electron chi connectivity index (χ3n) is 2.91. The molecule has 0 aliphatic carbocycles. The summed E-state index contributed by atoms with van der Waals surface area (Å²) in [6.07, 6.45) is 0. The number of benzene rings is 1. The van der Waals surface area contributed by atoms with Crippen molar-refractivity contribution in [3.63, 3.8) is 0 Å². The number of halogens is 1. The first-order chi connectivity index (χ1) is 8.39. The molecular formula is C13H16BrNO3. The molecule has 0 saturated carbocycles. The number of phenolic OH excluding ortho intramolecular Hbond substituents is 1. The molecule has 2 rings (SSSR count). The number of hydrogen-bond acceptors (Lipinski definition) is 3. The van der Waals surface area contributed by atoms with Gasteiger partial charge in [-0.05, 0) is 48.0 Å². The summed E-state index contributed by atoms with van der Waals surface area (Å²) < 4.78 is 6.16. The van der Waals surface area contributed by atoms with Crippen LogP contribution in [0.1, 0.15) is 24.2 Å². The van der Waals surface area contributed by atoms with Gasteiger partial charge in [-0.3, -0.25) is 4.79 Å². The lowest BCUT2D eigenvalue weighted by molar-refractivity contribution is -0.0764. The van der Waals surface area contributed by atoms with Crippen LogP contribution in [-0.2, 0) is 4.74 Å². The van der Waals surface area contributed by atoms with Crippen LogP contribution < -0.4 is 0 Å². The molecule has 98 valence electrons. The Morgan fingerprint density at radius 2 is 2.22 bits per heavy atom. The van der Waals surface area contributed by atoms with Crippen LogP contribution >= 0.6 is 15.9 Å². The Bertz CT molecular complexity index is 473. The van der Waals surface area contributed by atoms with Gasteiger partial charge in [-0.2, -0.15) is 0 Å². The van der Waals surface area contributed by atoms with Gasteiger partial charge in [-0.25, -0.2) is 0 Å². The Kier molecular flexibility index (Phi) is 3.64. The van der Waals surface area contributed by atoms with E-state index in [2.05, 4.69) is 15.9 Å². The van der Waals surface area contributed by atoms with E-state index in [0.29, 0.717) is 29.7 Å². The fraction of sp³-hybridized carbons (Fsp3) is 0.462. The van der Waals surface area contributed by atoms with Gasteiger partial charge in [-0.1, -0.05) is 0 Å². The van der Waals surface area contributed by atoms with Crippen molar-refractivity contribution in [1.82, 2.24) is 4.90 Å². The van der Waals surface area contributed by atoms with Crippen LogP contribution in [0.4, 0.5) is 0 Å². The molecule has 0 spiro atoms. The third-order valence-corrected chi connectivity index (χ3v) is 3.58. The Balaban J connectivity index is 2.18. The van der Waals surface area contributed by atoms with Crippen LogP contribution in [0.25, 0.3) is 0 Å². The molecule has 1 saturated heterocycles. The van der Waals surface area contributed by atoms with Crippen LogP contribution in [0.15, 0.2) is 22.7 Å². The van der Waals surface area contributed by atoms with Gasteiger partial charge in [0.2, 0.25) is 0 Å². The molecule has 0 atom stereocenters. The molecule has 0 radical (unpaired) electrons. The van der Waals surface area contributed by atoms with Gasteiger partial charge in [-0.15, -0.1) is 0 Å². The molecule has 0 unspecified atom stereocenters. The van der Waals surface area contributed by atoms with E-state index in [4.69, 9.17) is 4.74 Å². The van der Waals surface area contributed by atoms with Crippen molar-refractivity contribution in [3.05, 3.63) is 28.2 Å². The Hall–Kier alpha value is -1.07. The molecule has 0 aromatic heterocycles. The van der Waals surface area contributed by atoms with Crippen molar-refractivity contribution in [3.8, 4) is 5.75 Å². The van der Waals surface area contributed by atoms with Crippen molar-refractivity contribution >= 4 is 21.8 Å². The van der Waals surface area contributed by atoms with Gasteiger partial charge in [0, 0.05) is 18.7 Å². The number of rotatable bonds is 1. The first-order valence-electron chi connectivity index (χ1n) is 5.81. The minimum absolute atomic E-state index is 0.0748.